The first kappa shape index (κ1) is 14.9. The van der Waals surface area contributed by atoms with E-state index in [2.05, 4.69) is 15.7 Å². The van der Waals surface area contributed by atoms with Crippen LogP contribution >= 0.6 is 11.6 Å². The third-order valence-corrected chi connectivity index (χ3v) is 4.16. The molecule has 6 heteroatoms. The zero-order valence-electron chi connectivity index (χ0n) is 12.3. The fraction of sp³-hybridized carbons (Fsp3) is 0.375. The van der Waals surface area contributed by atoms with Crippen molar-refractivity contribution in [1.82, 2.24) is 9.78 Å². The third kappa shape index (κ3) is 3.60. The Hall–Kier alpha value is -2.01. The SMILES string of the molecule is O=C(CNc1ccc(Cl)cc1)Nc1ccnn1C1CCCC1. The summed E-state index contributed by atoms with van der Waals surface area (Å²) >= 11 is 5.83. The molecule has 0 bridgehead atoms. The molecule has 3 rings (SSSR count). The Labute approximate surface area is 134 Å². The van der Waals surface area contributed by atoms with Crippen LogP contribution in [0, 0.1) is 0 Å². The Bertz CT molecular complexity index is 632. The second-order valence-electron chi connectivity index (χ2n) is 5.51. The molecule has 1 amide bonds. The van der Waals surface area contributed by atoms with Crippen LogP contribution in [0.15, 0.2) is 36.5 Å². The highest BCUT2D eigenvalue weighted by molar-refractivity contribution is 6.30. The highest BCUT2D eigenvalue weighted by Gasteiger charge is 2.20. The highest BCUT2D eigenvalue weighted by Crippen LogP contribution is 2.31. The standard InChI is InChI=1S/C16H19ClN4O/c17-12-5-7-13(8-6-12)18-11-16(22)20-15-9-10-19-21(15)14-3-1-2-4-14/h5-10,14,18H,1-4,11H2,(H,20,22). The second kappa shape index (κ2) is 6.83. The maximum atomic E-state index is 12.1. The van der Waals surface area contributed by atoms with Crippen LogP contribution in [-0.4, -0.2) is 22.2 Å². The fourth-order valence-corrected chi connectivity index (χ4v) is 2.92. The average Bonchev–Trinajstić information content (AvgIpc) is 3.17. The van der Waals surface area contributed by atoms with Crippen LogP contribution < -0.4 is 10.6 Å². The van der Waals surface area contributed by atoms with Gasteiger partial charge in [-0.25, -0.2) is 4.68 Å². The van der Waals surface area contributed by atoms with Gasteiger partial charge in [-0.1, -0.05) is 24.4 Å². The zero-order chi connectivity index (χ0) is 15.4. The number of aromatic nitrogens is 2. The van der Waals surface area contributed by atoms with E-state index >= 15 is 0 Å². The van der Waals surface area contributed by atoms with E-state index < -0.39 is 0 Å². The summed E-state index contributed by atoms with van der Waals surface area (Å²) in [5.74, 6) is 0.685. The Morgan fingerprint density at radius 3 is 2.68 bits per heavy atom. The van der Waals surface area contributed by atoms with Crippen molar-refractivity contribution in [3.63, 3.8) is 0 Å². The van der Waals surface area contributed by atoms with Gasteiger partial charge in [0.05, 0.1) is 18.8 Å². The number of carbonyl (C=O) groups is 1. The molecule has 1 saturated carbocycles. The summed E-state index contributed by atoms with van der Waals surface area (Å²) < 4.78 is 1.94. The van der Waals surface area contributed by atoms with Crippen LogP contribution in [0.4, 0.5) is 11.5 Å². The molecule has 0 radical (unpaired) electrons. The molecule has 0 spiro atoms. The lowest BCUT2D eigenvalue weighted by molar-refractivity contribution is -0.114. The molecule has 1 aromatic heterocycles. The molecule has 1 aliphatic carbocycles. The topological polar surface area (TPSA) is 59.0 Å². The molecular weight excluding hydrogens is 300 g/mol. The molecule has 0 unspecified atom stereocenters. The lowest BCUT2D eigenvalue weighted by Gasteiger charge is -2.15. The predicted octanol–water partition coefficient (Wildman–Crippen LogP) is 3.70. The zero-order valence-corrected chi connectivity index (χ0v) is 13.0. The van der Waals surface area contributed by atoms with Crippen molar-refractivity contribution in [3.05, 3.63) is 41.6 Å². The van der Waals surface area contributed by atoms with Gasteiger partial charge in [0.1, 0.15) is 5.82 Å². The molecule has 2 aromatic rings. The van der Waals surface area contributed by atoms with Gasteiger partial charge in [-0.2, -0.15) is 5.10 Å². The van der Waals surface area contributed by atoms with Crippen LogP contribution in [0.25, 0.3) is 0 Å². The van der Waals surface area contributed by atoms with Crippen LogP contribution in [0.1, 0.15) is 31.7 Å². The van der Waals surface area contributed by atoms with Crippen molar-refractivity contribution in [1.29, 1.82) is 0 Å². The molecule has 116 valence electrons. The van der Waals surface area contributed by atoms with Crippen LogP contribution in [0.5, 0.6) is 0 Å². The van der Waals surface area contributed by atoms with Gasteiger partial charge >= 0.3 is 0 Å². The summed E-state index contributed by atoms with van der Waals surface area (Å²) in [5, 5.41) is 11.0. The quantitative estimate of drug-likeness (QED) is 0.883. The number of hydrogen-bond acceptors (Lipinski definition) is 3. The van der Waals surface area contributed by atoms with E-state index in [0.29, 0.717) is 11.1 Å². The van der Waals surface area contributed by atoms with E-state index in [9.17, 15) is 4.79 Å². The monoisotopic (exact) mass is 318 g/mol. The number of hydrogen-bond donors (Lipinski definition) is 2. The summed E-state index contributed by atoms with van der Waals surface area (Å²) in [5.41, 5.74) is 0.865. The van der Waals surface area contributed by atoms with Crippen molar-refractivity contribution < 1.29 is 4.79 Å². The number of anilines is 2. The molecular formula is C16H19ClN4O. The number of carbonyl (C=O) groups excluding carboxylic acids is 1. The van der Waals surface area contributed by atoms with Crippen molar-refractivity contribution in [2.45, 2.75) is 31.7 Å². The largest absolute Gasteiger partial charge is 0.376 e. The molecule has 22 heavy (non-hydrogen) atoms. The van der Waals surface area contributed by atoms with E-state index in [1.54, 1.807) is 18.3 Å². The van der Waals surface area contributed by atoms with Gasteiger partial charge in [-0.05, 0) is 37.1 Å². The molecule has 1 aromatic carbocycles. The van der Waals surface area contributed by atoms with Crippen LogP contribution in [0.3, 0.4) is 0 Å². The van der Waals surface area contributed by atoms with E-state index in [4.69, 9.17) is 11.6 Å². The number of benzene rings is 1. The Morgan fingerprint density at radius 1 is 1.23 bits per heavy atom. The smallest absolute Gasteiger partial charge is 0.244 e. The number of rotatable bonds is 5. The third-order valence-electron chi connectivity index (χ3n) is 3.91. The first-order valence-electron chi connectivity index (χ1n) is 7.55. The average molecular weight is 319 g/mol. The van der Waals surface area contributed by atoms with Gasteiger partial charge in [0.2, 0.25) is 5.91 Å². The summed E-state index contributed by atoms with van der Waals surface area (Å²) in [4.78, 5) is 12.1. The molecule has 0 atom stereocenters. The van der Waals surface area contributed by atoms with Gasteiger partial charge in [0, 0.05) is 16.8 Å². The first-order valence-corrected chi connectivity index (χ1v) is 7.93. The van der Waals surface area contributed by atoms with Gasteiger partial charge < -0.3 is 10.6 Å². The summed E-state index contributed by atoms with van der Waals surface area (Å²) in [6.07, 6.45) is 6.47. The van der Waals surface area contributed by atoms with E-state index in [0.717, 1.165) is 24.3 Å². The molecule has 5 nitrogen and oxygen atoms in total. The number of nitrogens with zero attached hydrogens (tertiary/aromatic N) is 2. The number of nitrogens with one attached hydrogen (secondary N) is 2. The van der Waals surface area contributed by atoms with E-state index in [-0.39, 0.29) is 12.5 Å². The Balaban J connectivity index is 1.55. The lowest BCUT2D eigenvalue weighted by atomic mass is 10.2. The molecule has 1 aliphatic rings. The predicted molar refractivity (Wildman–Crippen MR) is 88.3 cm³/mol. The minimum Gasteiger partial charge on any atom is -0.376 e. The van der Waals surface area contributed by atoms with Gasteiger partial charge in [0.15, 0.2) is 0 Å². The molecule has 1 fully saturated rings. The Morgan fingerprint density at radius 2 is 1.95 bits per heavy atom. The van der Waals surface area contributed by atoms with Crippen LogP contribution in [-0.2, 0) is 4.79 Å². The minimum absolute atomic E-state index is 0.0882. The molecule has 0 saturated heterocycles. The van der Waals surface area contributed by atoms with Crippen molar-refractivity contribution in [3.8, 4) is 0 Å². The minimum atomic E-state index is -0.0882. The van der Waals surface area contributed by atoms with Gasteiger partial charge in [-0.15, -0.1) is 0 Å². The maximum Gasteiger partial charge on any atom is 0.244 e. The van der Waals surface area contributed by atoms with E-state index in [1.807, 2.05) is 22.9 Å². The first-order chi connectivity index (χ1) is 10.7. The fourth-order valence-electron chi connectivity index (χ4n) is 2.79. The van der Waals surface area contributed by atoms with Gasteiger partial charge in [0.25, 0.3) is 0 Å². The summed E-state index contributed by atoms with van der Waals surface area (Å²) in [6, 6.07) is 9.53. The molecule has 0 aliphatic heterocycles. The second-order valence-corrected chi connectivity index (χ2v) is 5.94. The van der Waals surface area contributed by atoms with Crippen molar-refractivity contribution >= 4 is 29.0 Å². The summed E-state index contributed by atoms with van der Waals surface area (Å²) in [7, 11) is 0. The molecule has 1 heterocycles. The number of amides is 1. The van der Waals surface area contributed by atoms with Crippen LogP contribution in [0.2, 0.25) is 5.02 Å². The van der Waals surface area contributed by atoms with Crippen molar-refractivity contribution in [2.24, 2.45) is 0 Å². The lowest BCUT2D eigenvalue weighted by Crippen LogP contribution is -2.24. The summed E-state index contributed by atoms with van der Waals surface area (Å²) in [6.45, 7) is 0.206. The van der Waals surface area contributed by atoms with Crippen molar-refractivity contribution in [2.75, 3.05) is 17.2 Å². The highest BCUT2D eigenvalue weighted by atomic mass is 35.5. The normalized spacial score (nSPS) is 15.0. The van der Waals surface area contributed by atoms with E-state index in [1.165, 1.54) is 12.8 Å². The number of halogens is 1. The maximum absolute atomic E-state index is 12.1. The Kier molecular flexibility index (Phi) is 4.63. The molecule has 2 N–H and O–H groups in total. The van der Waals surface area contributed by atoms with Gasteiger partial charge in [-0.3, -0.25) is 4.79 Å².